The van der Waals surface area contributed by atoms with E-state index >= 15 is 0 Å². The minimum atomic E-state index is 0.122. The van der Waals surface area contributed by atoms with Gasteiger partial charge in [0.25, 0.3) is 0 Å². The molecule has 0 saturated carbocycles. The normalized spacial score (nSPS) is 17.2. The van der Waals surface area contributed by atoms with Gasteiger partial charge in [-0.25, -0.2) is 0 Å². The molecule has 0 spiro atoms. The van der Waals surface area contributed by atoms with E-state index in [1.807, 2.05) is 0 Å². The van der Waals surface area contributed by atoms with E-state index in [1.54, 1.807) is 5.57 Å². The second-order valence-electron chi connectivity index (χ2n) is 11.9. The number of halogens is 1. The summed E-state index contributed by atoms with van der Waals surface area (Å²) in [5.41, 5.74) is 7.63. The highest BCUT2D eigenvalue weighted by Gasteiger charge is 2.36. The van der Waals surface area contributed by atoms with E-state index in [1.165, 1.54) is 43.8 Å². The summed E-state index contributed by atoms with van der Waals surface area (Å²) in [4.78, 5) is 0. The smallest absolute Gasteiger partial charge is 0.0434 e. The van der Waals surface area contributed by atoms with Crippen molar-refractivity contribution in [1.29, 1.82) is 0 Å². The maximum absolute atomic E-state index is 9.25. The van der Waals surface area contributed by atoms with Crippen molar-refractivity contribution in [2.24, 2.45) is 5.41 Å². The Morgan fingerprint density at radius 2 is 1.46 bits per heavy atom. The molecule has 0 unspecified atom stereocenters. The van der Waals surface area contributed by atoms with Gasteiger partial charge in [-0.3, -0.25) is 0 Å². The molecule has 2 heteroatoms. The Balaban J connectivity index is 0.000000233. The lowest BCUT2D eigenvalue weighted by molar-refractivity contribution is 0.288. The van der Waals surface area contributed by atoms with Crippen LogP contribution in [0.2, 0.25) is 0 Å². The van der Waals surface area contributed by atoms with Crippen molar-refractivity contribution in [3.63, 3.8) is 0 Å². The molecule has 6 rings (SSSR count). The average molecular weight is 554 g/mol. The second kappa shape index (κ2) is 10.2. The fraction of sp³-hybridized carbons (Fsp3) is 0.314. The number of rotatable bonds is 3. The first-order valence-corrected chi connectivity index (χ1v) is 14.2. The zero-order valence-electron chi connectivity index (χ0n) is 22.4. The molecule has 0 heterocycles. The standard InChI is InChI=1S/C25H29BrO.C10H8/c1-24(2)10-9-19-18(14-24)15-25(3,4)23-20(19)8-7-16-13-22(26)17(6-5-11-27)12-21(16)23;1-2-6-10-8-4-3-7-9(10)5-1/h7-10,12-13,27H,5-6,11,14-15H2,1-4H3;1-8H. The fourth-order valence-corrected chi connectivity index (χ4v) is 6.69. The van der Waals surface area contributed by atoms with Crippen LogP contribution < -0.4 is 0 Å². The maximum Gasteiger partial charge on any atom is 0.0434 e. The van der Waals surface area contributed by atoms with E-state index in [9.17, 15) is 5.11 Å². The highest BCUT2D eigenvalue weighted by atomic mass is 79.9. The number of hydrogen-bond acceptors (Lipinski definition) is 1. The summed E-state index contributed by atoms with van der Waals surface area (Å²) in [6.45, 7) is 9.70. The van der Waals surface area contributed by atoms with Gasteiger partial charge >= 0.3 is 0 Å². The van der Waals surface area contributed by atoms with E-state index in [2.05, 4.69) is 129 Å². The summed E-state index contributed by atoms with van der Waals surface area (Å²) in [6, 6.07) is 25.9. The van der Waals surface area contributed by atoms with Gasteiger partial charge in [-0.15, -0.1) is 0 Å². The molecule has 1 N–H and O–H groups in total. The Morgan fingerprint density at radius 3 is 2.08 bits per heavy atom. The number of aliphatic hydroxyl groups excluding tert-OH is 1. The SMILES string of the molecule is CC1(C)C=CC2=C(C1)CC(C)(C)c1c2ccc2cc(Br)c(CCCO)cc12.c1ccc2ccccc2c1. The van der Waals surface area contributed by atoms with Gasteiger partial charge in [-0.2, -0.15) is 0 Å². The Labute approximate surface area is 230 Å². The molecule has 0 radical (unpaired) electrons. The van der Waals surface area contributed by atoms with Crippen LogP contribution in [0.3, 0.4) is 0 Å². The predicted octanol–water partition coefficient (Wildman–Crippen LogP) is 9.79. The fourth-order valence-electron chi connectivity index (χ4n) is 6.13. The second-order valence-corrected chi connectivity index (χ2v) is 12.8. The van der Waals surface area contributed by atoms with Crippen molar-refractivity contribution >= 4 is 43.0 Å². The summed E-state index contributed by atoms with van der Waals surface area (Å²) >= 11 is 3.74. The molecule has 2 aliphatic carbocycles. The van der Waals surface area contributed by atoms with Crippen molar-refractivity contribution in [3.8, 4) is 0 Å². The Hall–Kier alpha value is -2.68. The summed E-state index contributed by atoms with van der Waals surface area (Å²) < 4.78 is 1.15. The molecular weight excluding hydrogens is 516 g/mol. The highest BCUT2D eigenvalue weighted by Crippen LogP contribution is 2.51. The van der Waals surface area contributed by atoms with Gasteiger partial charge in [0.2, 0.25) is 0 Å². The first-order chi connectivity index (χ1) is 17.7. The molecule has 190 valence electrons. The first-order valence-electron chi connectivity index (χ1n) is 13.4. The molecule has 0 aliphatic heterocycles. The van der Waals surface area contributed by atoms with Crippen molar-refractivity contribution in [2.75, 3.05) is 6.61 Å². The van der Waals surface area contributed by atoms with Gasteiger partial charge in [0.1, 0.15) is 0 Å². The molecular formula is C35H37BrO. The van der Waals surface area contributed by atoms with Crippen LogP contribution in [0.25, 0.3) is 27.1 Å². The Bertz CT molecular complexity index is 1450. The van der Waals surface area contributed by atoms with Crippen molar-refractivity contribution in [3.05, 3.63) is 112 Å². The molecule has 0 aromatic heterocycles. The van der Waals surface area contributed by atoms with Gasteiger partial charge < -0.3 is 5.11 Å². The van der Waals surface area contributed by atoms with Crippen molar-refractivity contribution in [2.45, 2.75) is 58.8 Å². The number of benzene rings is 4. The summed E-state index contributed by atoms with van der Waals surface area (Å²) in [7, 11) is 0. The lowest BCUT2D eigenvalue weighted by atomic mass is 9.64. The van der Waals surface area contributed by atoms with Gasteiger partial charge in [0.05, 0.1) is 0 Å². The van der Waals surface area contributed by atoms with Crippen molar-refractivity contribution in [1.82, 2.24) is 0 Å². The van der Waals surface area contributed by atoms with Crippen LogP contribution in [-0.4, -0.2) is 11.7 Å². The van der Waals surface area contributed by atoms with E-state index < -0.39 is 0 Å². The third-order valence-corrected chi connectivity index (χ3v) is 8.56. The van der Waals surface area contributed by atoms with Crippen LogP contribution in [0, 0.1) is 5.41 Å². The van der Waals surface area contributed by atoms with Crippen LogP contribution in [0.1, 0.15) is 63.6 Å². The molecule has 4 aromatic carbocycles. The highest BCUT2D eigenvalue weighted by molar-refractivity contribution is 9.10. The molecule has 1 nitrogen and oxygen atoms in total. The molecule has 2 aliphatic rings. The maximum atomic E-state index is 9.25. The molecule has 0 fully saturated rings. The van der Waals surface area contributed by atoms with E-state index in [-0.39, 0.29) is 17.4 Å². The topological polar surface area (TPSA) is 20.2 Å². The predicted molar refractivity (Wildman–Crippen MR) is 163 cm³/mol. The van der Waals surface area contributed by atoms with Gasteiger partial charge in [-0.05, 0) is 92.5 Å². The summed E-state index contributed by atoms with van der Waals surface area (Å²) in [5.74, 6) is 0. The van der Waals surface area contributed by atoms with Crippen molar-refractivity contribution < 1.29 is 5.11 Å². The van der Waals surface area contributed by atoms with Gasteiger partial charge in [-0.1, -0.05) is 122 Å². The monoisotopic (exact) mass is 552 g/mol. The third-order valence-electron chi connectivity index (χ3n) is 7.82. The zero-order chi connectivity index (χ0) is 26.2. The van der Waals surface area contributed by atoms with Crippen LogP contribution in [-0.2, 0) is 11.8 Å². The minimum Gasteiger partial charge on any atom is -0.396 e. The number of fused-ring (bicyclic) bond motifs is 5. The molecule has 37 heavy (non-hydrogen) atoms. The van der Waals surface area contributed by atoms with Crippen LogP contribution in [0.5, 0.6) is 0 Å². The van der Waals surface area contributed by atoms with Crippen LogP contribution >= 0.6 is 15.9 Å². The third kappa shape index (κ3) is 5.33. The number of hydrogen-bond donors (Lipinski definition) is 1. The minimum absolute atomic E-state index is 0.122. The lowest BCUT2D eigenvalue weighted by Crippen LogP contribution is -2.28. The molecule has 0 bridgehead atoms. The summed E-state index contributed by atoms with van der Waals surface area (Å²) in [5, 5.41) is 14.5. The largest absolute Gasteiger partial charge is 0.396 e. The molecule has 0 saturated heterocycles. The van der Waals surface area contributed by atoms with E-state index in [4.69, 9.17) is 0 Å². The number of aliphatic hydroxyl groups is 1. The van der Waals surface area contributed by atoms with Crippen LogP contribution in [0.4, 0.5) is 0 Å². The van der Waals surface area contributed by atoms with E-state index in [0.717, 1.165) is 30.2 Å². The quantitative estimate of drug-likeness (QED) is 0.268. The molecule has 0 atom stereocenters. The Morgan fingerprint density at radius 1 is 0.811 bits per heavy atom. The first kappa shape index (κ1) is 25.9. The molecule has 0 amide bonds. The van der Waals surface area contributed by atoms with E-state index in [0.29, 0.717) is 0 Å². The number of aryl methyl sites for hydroxylation is 1. The Kier molecular flexibility index (Phi) is 7.18. The van der Waals surface area contributed by atoms with Gasteiger partial charge in [0, 0.05) is 11.1 Å². The summed E-state index contributed by atoms with van der Waals surface area (Å²) in [6.07, 6.45) is 8.73. The zero-order valence-corrected chi connectivity index (χ0v) is 24.0. The average Bonchev–Trinajstić information content (AvgIpc) is 2.86. The van der Waals surface area contributed by atoms with Crippen LogP contribution in [0.15, 0.2) is 95.0 Å². The lowest BCUT2D eigenvalue weighted by Gasteiger charge is -2.40. The number of allylic oxidation sites excluding steroid dienone is 4. The molecule has 4 aromatic rings. The van der Waals surface area contributed by atoms with Gasteiger partial charge in [0.15, 0.2) is 0 Å².